The summed E-state index contributed by atoms with van der Waals surface area (Å²) >= 11 is 0. The lowest BCUT2D eigenvalue weighted by Crippen LogP contribution is -2.18. The molecule has 1 saturated carbocycles. The van der Waals surface area contributed by atoms with Crippen LogP contribution < -0.4 is 0 Å². The summed E-state index contributed by atoms with van der Waals surface area (Å²) in [6, 6.07) is 0. The van der Waals surface area contributed by atoms with Gasteiger partial charge in [0, 0.05) is 0 Å². The van der Waals surface area contributed by atoms with E-state index >= 15 is 0 Å². The molecule has 0 bridgehead atoms. The average molecular weight is 252 g/mol. The summed E-state index contributed by atoms with van der Waals surface area (Å²) in [4.78, 5) is 10.9. The fourth-order valence-electron chi connectivity index (χ4n) is 1.50. The highest BCUT2D eigenvalue weighted by Gasteiger charge is 2.20. The van der Waals surface area contributed by atoms with Crippen molar-refractivity contribution in [1.82, 2.24) is 0 Å². The van der Waals surface area contributed by atoms with Crippen LogP contribution in [0.25, 0.3) is 0 Å². The molecule has 0 heterocycles. The van der Waals surface area contributed by atoms with Crippen molar-refractivity contribution >= 4 is 16.1 Å². The second-order valence-electron chi connectivity index (χ2n) is 3.73. The van der Waals surface area contributed by atoms with Crippen molar-refractivity contribution < 1.29 is 22.1 Å². The molecular formula is C10H20O5S. The molecule has 96 valence electrons. The number of ether oxygens (including phenoxy) is 1. The largest absolute Gasteiger partial charge is 0.469 e. The van der Waals surface area contributed by atoms with Gasteiger partial charge < -0.3 is 4.74 Å². The van der Waals surface area contributed by atoms with Gasteiger partial charge in [-0.2, -0.15) is 8.42 Å². The number of carbonyl (C=O) groups excluding carboxylic acids is 1. The van der Waals surface area contributed by atoms with Crippen LogP contribution in [0, 0.1) is 5.92 Å². The molecule has 0 spiro atoms. The molecule has 0 aromatic rings. The lowest BCUT2D eigenvalue weighted by Gasteiger charge is -2.18. The topological polar surface area (TPSA) is 69.7 Å². The van der Waals surface area contributed by atoms with Gasteiger partial charge in [0.25, 0.3) is 10.1 Å². The van der Waals surface area contributed by atoms with E-state index in [4.69, 9.17) is 0 Å². The van der Waals surface area contributed by atoms with Crippen LogP contribution in [0.4, 0.5) is 0 Å². The van der Waals surface area contributed by atoms with Crippen LogP contribution in [0.15, 0.2) is 0 Å². The van der Waals surface area contributed by atoms with Gasteiger partial charge in [0.2, 0.25) is 0 Å². The SMILES string of the molecule is COC(=O)C1CCCCC1.COS(C)(=O)=O. The van der Waals surface area contributed by atoms with Gasteiger partial charge in [-0.05, 0) is 12.8 Å². The first-order chi connectivity index (χ1) is 7.40. The lowest BCUT2D eigenvalue weighted by molar-refractivity contribution is -0.146. The Balaban J connectivity index is 0.000000325. The predicted molar refractivity (Wildman–Crippen MR) is 60.4 cm³/mol. The molecule has 0 atom stereocenters. The second-order valence-corrected chi connectivity index (χ2v) is 5.47. The third kappa shape index (κ3) is 7.64. The lowest BCUT2D eigenvalue weighted by atomic mass is 9.89. The van der Waals surface area contributed by atoms with E-state index < -0.39 is 10.1 Å². The Morgan fingerprint density at radius 3 is 1.88 bits per heavy atom. The van der Waals surface area contributed by atoms with Crippen molar-refractivity contribution in [2.24, 2.45) is 5.92 Å². The van der Waals surface area contributed by atoms with E-state index in [0.717, 1.165) is 26.2 Å². The monoisotopic (exact) mass is 252 g/mol. The molecule has 0 aliphatic heterocycles. The van der Waals surface area contributed by atoms with Crippen molar-refractivity contribution in [3.63, 3.8) is 0 Å². The second kappa shape index (κ2) is 7.62. The highest BCUT2D eigenvalue weighted by molar-refractivity contribution is 7.85. The average Bonchev–Trinajstić information content (AvgIpc) is 2.29. The third-order valence-corrected chi connectivity index (χ3v) is 3.05. The molecule has 1 rings (SSSR count). The predicted octanol–water partition coefficient (Wildman–Crippen LogP) is 1.33. The van der Waals surface area contributed by atoms with E-state index in [2.05, 4.69) is 8.92 Å². The van der Waals surface area contributed by atoms with Gasteiger partial charge >= 0.3 is 5.97 Å². The summed E-state index contributed by atoms with van der Waals surface area (Å²) in [6.07, 6.45) is 6.74. The highest BCUT2D eigenvalue weighted by atomic mass is 32.2. The van der Waals surface area contributed by atoms with Crippen LogP contribution in [0.1, 0.15) is 32.1 Å². The normalized spacial score (nSPS) is 17.2. The van der Waals surface area contributed by atoms with Gasteiger partial charge in [-0.15, -0.1) is 0 Å². The van der Waals surface area contributed by atoms with Crippen LogP contribution in [0.2, 0.25) is 0 Å². The van der Waals surface area contributed by atoms with Crippen LogP contribution in [0.3, 0.4) is 0 Å². The van der Waals surface area contributed by atoms with E-state index in [1.165, 1.54) is 26.4 Å². The van der Waals surface area contributed by atoms with E-state index in [0.29, 0.717) is 0 Å². The molecule has 0 aromatic heterocycles. The minimum atomic E-state index is -3.16. The Bertz CT molecular complexity index is 290. The minimum absolute atomic E-state index is 0.0142. The fraction of sp³-hybridized carbons (Fsp3) is 0.900. The zero-order valence-electron chi connectivity index (χ0n) is 10.1. The van der Waals surface area contributed by atoms with E-state index in [-0.39, 0.29) is 11.9 Å². The zero-order chi connectivity index (χ0) is 12.6. The summed E-state index contributed by atoms with van der Waals surface area (Å²) < 4.78 is 28.1. The molecule has 0 radical (unpaired) electrons. The summed E-state index contributed by atoms with van der Waals surface area (Å²) in [5, 5.41) is 0. The van der Waals surface area contributed by atoms with E-state index in [1.807, 2.05) is 0 Å². The number of esters is 1. The van der Waals surface area contributed by atoms with Crippen LogP contribution in [0.5, 0.6) is 0 Å². The van der Waals surface area contributed by atoms with Crippen molar-refractivity contribution in [1.29, 1.82) is 0 Å². The number of carbonyl (C=O) groups is 1. The summed E-state index contributed by atoms with van der Waals surface area (Å²) in [5.41, 5.74) is 0. The highest BCUT2D eigenvalue weighted by Crippen LogP contribution is 2.24. The molecule has 5 nitrogen and oxygen atoms in total. The van der Waals surface area contributed by atoms with E-state index in [1.54, 1.807) is 0 Å². The van der Waals surface area contributed by atoms with E-state index in [9.17, 15) is 13.2 Å². The van der Waals surface area contributed by atoms with Crippen molar-refractivity contribution in [3.8, 4) is 0 Å². The number of methoxy groups -OCH3 is 1. The Hall–Kier alpha value is -0.620. The van der Waals surface area contributed by atoms with Crippen molar-refractivity contribution in [2.75, 3.05) is 20.5 Å². The van der Waals surface area contributed by atoms with Gasteiger partial charge in [-0.3, -0.25) is 8.98 Å². The maximum Gasteiger partial charge on any atom is 0.308 e. The standard InChI is InChI=1S/C8H14O2.C2H6O3S/c1-10-8(9)7-5-3-2-4-6-7;1-5-6(2,3)4/h7H,2-6H2,1H3;1-2H3. The van der Waals surface area contributed by atoms with Gasteiger partial charge in [0.05, 0.1) is 26.4 Å². The molecule has 6 heteroatoms. The minimum Gasteiger partial charge on any atom is -0.469 e. The molecule has 1 aliphatic carbocycles. The Morgan fingerprint density at radius 1 is 1.12 bits per heavy atom. The fourth-order valence-corrected chi connectivity index (χ4v) is 1.50. The maximum atomic E-state index is 10.9. The maximum absolute atomic E-state index is 10.9. The number of rotatable bonds is 2. The molecular weight excluding hydrogens is 232 g/mol. The van der Waals surface area contributed by atoms with Gasteiger partial charge in [0.15, 0.2) is 0 Å². The molecule has 0 unspecified atom stereocenters. The Labute approximate surface area is 97.2 Å². The molecule has 0 amide bonds. The van der Waals surface area contributed by atoms with Crippen LogP contribution in [-0.4, -0.2) is 34.9 Å². The van der Waals surface area contributed by atoms with Crippen molar-refractivity contribution in [2.45, 2.75) is 32.1 Å². The van der Waals surface area contributed by atoms with Crippen molar-refractivity contribution in [3.05, 3.63) is 0 Å². The quantitative estimate of drug-likeness (QED) is 0.548. The van der Waals surface area contributed by atoms with Gasteiger partial charge in [0.1, 0.15) is 0 Å². The molecule has 16 heavy (non-hydrogen) atoms. The Kier molecular flexibility index (Phi) is 7.33. The summed E-state index contributed by atoms with van der Waals surface area (Å²) in [6.45, 7) is 0. The van der Waals surface area contributed by atoms with Gasteiger partial charge in [-0.25, -0.2) is 0 Å². The van der Waals surface area contributed by atoms with Crippen LogP contribution >= 0.6 is 0 Å². The summed E-state index contributed by atoms with van der Waals surface area (Å²) in [7, 11) is -0.572. The molecule has 0 aromatic carbocycles. The smallest absolute Gasteiger partial charge is 0.308 e. The first-order valence-corrected chi connectivity index (χ1v) is 7.05. The first-order valence-electron chi connectivity index (χ1n) is 5.24. The molecule has 0 N–H and O–H groups in total. The summed E-state index contributed by atoms with van der Waals surface area (Å²) in [5.74, 6) is 0.193. The number of hydrogen-bond donors (Lipinski definition) is 0. The molecule has 1 aliphatic rings. The molecule has 1 fully saturated rings. The Morgan fingerprint density at radius 2 is 1.56 bits per heavy atom. The number of hydrogen-bond acceptors (Lipinski definition) is 5. The van der Waals surface area contributed by atoms with Gasteiger partial charge in [-0.1, -0.05) is 19.3 Å². The zero-order valence-corrected chi connectivity index (χ0v) is 10.9. The molecule has 0 saturated heterocycles. The third-order valence-electron chi connectivity index (χ3n) is 2.44. The van der Waals surface area contributed by atoms with Crippen LogP contribution in [-0.2, 0) is 23.8 Å². The first kappa shape index (κ1) is 15.4.